The molecule has 0 aliphatic heterocycles. The summed E-state index contributed by atoms with van der Waals surface area (Å²) in [6.07, 6.45) is 0. The number of thioether (sulfide) groups is 1. The van der Waals surface area contributed by atoms with E-state index < -0.39 is 0 Å². The van der Waals surface area contributed by atoms with E-state index in [1.165, 1.54) is 11.8 Å². The van der Waals surface area contributed by atoms with Crippen LogP contribution in [0.1, 0.15) is 18.0 Å². The van der Waals surface area contributed by atoms with Gasteiger partial charge in [-0.1, -0.05) is 30.0 Å². The summed E-state index contributed by atoms with van der Waals surface area (Å²) in [4.78, 5) is 0. The lowest BCUT2D eigenvalue weighted by atomic mass is 10.3. The van der Waals surface area contributed by atoms with Gasteiger partial charge in [0.25, 0.3) is 0 Å². The molecule has 0 fully saturated rings. The predicted molar refractivity (Wildman–Crippen MR) is 99.1 cm³/mol. The Morgan fingerprint density at radius 1 is 0.852 bits per heavy atom. The van der Waals surface area contributed by atoms with Crippen LogP contribution in [0.15, 0.2) is 59.8 Å². The monoisotopic (exact) mass is 380 g/mol. The van der Waals surface area contributed by atoms with Gasteiger partial charge in [0.2, 0.25) is 5.16 Å². The number of para-hydroxylation sites is 1. The highest BCUT2D eigenvalue weighted by Crippen LogP contribution is 2.33. The maximum atomic E-state index is 5.19. The minimum Gasteiger partial charge on any atom is -0.497 e. The molecule has 2 aromatic carbocycles. The number of rotatable bonds is 6. The zero-order valence-electron chi connectivity index (χ0n) is 14.7. The van der Waals surface area contributed by atoms with Crippen LogP contribution in [-0.4, -0.2) is 47.5 Å². The van der Waals surface area contributed by atoms with Gasteiger partial charge >= 0.3 is 0 Å². The Hall–Kier alpha value is -3.27. The number of benzene rings is 2. The normalized spacial score (nSPS) is 12.1. The minimum atomic E-state index is -0.0665. The maximum absolute atomic E-state index is 5.19. The first-order valence-corrected chi connectivity index (χ1v) is 9.07. The lowest BCUT2D eigenvalue weighted by Gasteiger charge is -2.11. The molecule has 0 radical (unpaired) electrons. The molecule has 0 bridgehead atoms. The molecule has 1 unspecified atom stereocenters. The Balaban J connectivity index is 1.59. The zero-order chi connectivity index (χ0) is 18.6. The number of hydrogen-bond acceptors (Lipinski definition) is 8. The number of aromatic nitrogens is 8. The Labute approximate surface area is 159 Å². The van der Waals surface area contributed by atoms with Crippen molar-refractivity contribution in [3.63, 3.8) is 0 Å². The van der Waals surface area contributed by atoms with Crippen LogP contribution in [0.5, 0.6) is 5.75 Å². The van der Waals surface area contributed by atoms with Crippen LogP contribution >= 0.6 is 11.8 Å². The van der Waals surface area contributed by atoms with E-state index in [1.54, 1.807) is 16.5 Å². The van der Waals surface area contributed by atoms with E-state index in [2.05, 4.69) is 31.1 Å². The van der Waals surface area contributed by atoms with Crippen LogP contribution < -0.4 is 4.74 Å². The predicted octanol–water partition coefficient (Wildman–Crippen LogP) is 2.50. The lowest BCUT2D eigenvalue weighted by molar-refractivity contribution is 0.414. The lowest BCUT2D eigenvalue weighted by Crippen LogP contribution is -2.06. The second-order valence-electron chi connectivity index (χ2n) is 5.62. The minimum absolute atomic E-state index is 0.0665. The van der Waals surface area contributed by atoms with Crippen molar-refractivity contribution in [2.75, 3.05) is 7.11 Å². The topological polar surface area (TPSA) is 96.4 Å². The van der Waals surface area contributed by atoms with E-state index in [9.17, 15) is 0 Å². The molecule has 2 heterocycles. The summed E-state index contributed by atoms with van der Waals surface area (Å²) in [5.41, 5.74) is 1.75. The quantitative estimate of drug-likeness (QED) is 0.471. The highest BCUT2D eigenvalue weighted by Gasteiger charge is 2.20. The molecule has 27 heavy (non-hydrogen) atoms. The first-order valence-electron chi connectivity index (χ1n) is 8.19. The molecule has 0 N–H and O–H groups in total. The van der Waals surface area contributed by atoms with Gasteiger partial charge in [0.15, 0.2) is 5.82 Å². The summed E-state index contributed by atoms with van der Waals surface area (Å²) in [7, 11) is 1.63. The SMILES string of the molecule is COc1ccc(-n2nnnc2SC(C)c2nnnn2-c2ccccc2)cc1. The van der Waals surface area contributed by atoms with E-state index >= 15 is 0 Å². The fraction of sp³-hybridized carbons (Fsp3) is 0.176. The molecule has 0 aliphatic rings. The van der Waals surface area contributed by atoms with E-state index in [-0.39, 0.29) is 5.25 Å². The fourth-order valence-corrected chi connectivity index (χ4v) is 3.44. The maximum Gasteiger partial charge on any atom is 0.214 e. The molecule has 1 atom stereocenters. The molecular formula is C17H16N8OS. The molecule has 0 saturated carbocycles. The summed E-state index contributed by atoms with van der Waals surface area (Å²) in [6, 6.07) is 17.3. The summed E-state index contributed by atoms with van der Waals surface area (Å²) in [5, 5.41) is 24.7. The molecular weight excluding hydrogens is 364 g/mol. The van der Waals surface area contributed by atoms with Crippen LogP contribution in [0.4, 0.5) is 0 Å². The number of methoxy groups -OCH3 is 1. The van der Waals surface area contributed by atoms with Crippen molar-refractivity contribution in [3.8, 4) is 17.1 Å². The average Bonchev–Trinajstić information content (AvgIpc) is 3.38. The third-order valence-electron chi connectivity index (χ3n) is 3.90. The number of nitrogens with zero attached hydrogens (tertiary/aromatic N) is 8. The van der Waals surface area contributed by atoms with Crippen molar-refractivity contribution in [3.05, 3.63) is 60.4 Å². The van der Waals surface area contributed by atoms with Crippen molar-refractivity contribution in [2.45, 2.75) is 17.3 Å². The average molecular weight is 380 g/mol. The third kappa shape index (κ3) is 3.51. The van der Waals surface area contributed by atoms with Crippen molar-refractivity contribution in [2.24, 2.45) is 0 Å². The molecule has 4 aromatic rings. The summed E-state index contributed by atoms with van der Waals surface area (Å²) in [6.45, 7) is 2.02. The standard InChI is InChI=1S/C17H16N8OS/c1-12(16-18-20-22-24(16)13-6-4-3-5-7-13)27-17-19-21-23-25(17)14-8-10-15(26-2)11-9-14/h3-12H,1-2H3. The first-order chi connectivity index (χ1) is 13.3. The van der Waals surface area contributed by atoms with E-state index in [0.717, 1.165) is 22.9 Å². The van der Waals surface area contributed by atoms with Crippen LogP contribution in [0.2, 0.25) is 0 Å². The summed E-state index contributed by atoms with van der Waals surface area (Å²) < 4.78 is 8.59. The Morgan fingerprint density at radius 3 is 2.26 bits per heavy atom. The van der Waals surface area contributed by atoms with Gasteiger partial charge in [-0.2, -0.15) is 9.36 Å². The van der Waals surface area contributed by atoms with Crippen molar-refractivity contribution < 1.29 is 4.74 Å². The highest BCUT2D eigenvalue weighted by molar-refractivity contribution is 7.99. The fourth-order valence-electron chi connectivity index (χ4n) is 2.55. The molecule has 136 valence electrons. The Kier molecular flexibility index (Phi) is 4.79. The van der Waals surface area contributed by atoms with Gasteiger partial charge in [-0.05, 0) is 64.2 Å². The van der Waals surface area contributed by atoms with Gasteiger partial charge in [0.1, 0.15) is 5.75 Å². The zero-order valence-corrected chi connectivity index (χ0v) is 15.5. The van der Waals surface area contributed by atoms with E-state index in [0.29, 0.717) is 5.16 Å². The Bertz CT molecular complexity index is 1010. The van der Waals surface area contributed by atoms with E-state index in [4.69, 9.17) is 4.74 Å². The molecule has 0 aliphatic carbocycles. The van der Waals surface area contributed by atoms with Gasteiger partial charge < -0.3 is 4.74 Å². The van der Waals surface area contributed by atoms with Crippen LogP contribution in [0.25, 0.3) is 11.4 Å². The van der Waals surface area contributed by atoms with Crippen LogP contribution in [0, 0.1) is 0 Å². The molecule has 0 saturated heterocycles. The molecule has 0 amide bonds. The second-order valence-corrected chi connectivity index (χ2v) is 6.92. The van der Waals surface area contributed by atoms with Crippen LogP contribution in [-0.2, 0) is 0 Å². The largest absolute Gasteiger partial charge is 0.497 e. The van der Waals surface area contributed by atoms with Crippen molar-refractivity contribution >= 4 is 11.8 Å². The van der Waals surface area contributed by atoms with Gasteiger partial charge in [0, 0.05) is 0 Å². The number of hydrogen-bond donors (Lipinski definition) is 0. The molecule has 9 nitrogen and oxygen atoms in total. The highest BCUT2D eigenvalue weighted by atomic mass is 32.2. The smallest absolute Gasteiger partial charge is 0.214 e. The second kappa shape index (κ2) is 7.54. The number of tetrazole rings is 2. The summed E-state index contributed by atoms with van der Waals surface area (Å²) in [5.74, 6) is 1.49. The molecule has 2 aromatic heterocycles. The molecule has 10 heteroatoms. The molecule has 0 spiro atoms. The summed E-state index contributed by atoms with van der Waals surface area (Å²) >= 11 is 1.48. The van der Waals surface area contributed by atoms with Gasteiger partial charge in [-0.25, -0.2) is 0 Å². The first kappa shape index (κ1) is 17.2. The van der Waals surface area contributed by atoms with Gasteiger partial charge in [0.05, 0.1) is 23.7 Å². The van der Waals surface area contributed by atoms with Crippen molar-refractivity contribution in [1.29, 1.82) is 0 Å². The number of ether oxygens (including phenoxy) is 1. The van der Waals surface area contributed by atoms with Gasteiger partial charge in [-0.15, -0.1) is 10.2 Å². The van der Waals surface area contributed by atoms with Crippen LogP contribution in [0.3, 0.4) is 0 Å². The van der Waals surface area contributed by atoms with Crippen molar-refractivity contribution in [1.82, 2.24) is 40.4 Å². The molecule has 4 rings (SSSR count). The van der Waals surface area contributed by atoms with E-state index in [1.807, 2.05) is 61.5 Å². The third-order valence-corrected chi connectivity index (χ3v) is 4.93. The Morgan fingerprint density at radius 2 is 1.52 bits per heavy atom. The van der Waals surface area contributed by atoms with Gasteiger partial charge in [-0.3, -0.25) is 0 Å².